The molecular weight excluding hydrogens is 364 g/mol. The van der Waals surface area contributed by atoms with Crippen molar-refractivity contribution in [3.05, 3.63) is 59.7 Å². The van der Waals surface area contributed by atoms with Crippen molar-refractivity contribution in [2.24, 2.45) is 4.99 Å². The van der Waals surface area contributed by atoms with Crippen molar-refractivity contribution >= 4 is 5.84 Å². The zero-order valence-electron chi connectivity index (χ0n) is 17.0. The molecule has 2 aromatic carbocycles. The zero-order valence-corrected chi connectivity index (χ0v) is 17.0. The molecule has 2 aromatic rings. The van der Waals surface area contributed by atoms with Gasteiger partial charge in [0.25, 0.3) is 0 Å². The second kappa shape index (κ2) is 9.31. The van der Waals surface area contributed by atoms with Crippen LogP contribution in [0.5, 0.6) is 11.5 Å². The molecule has 5 heteroatoms. The Hall–Kier alpha value is -2.53. The fourth-order valence-electron chi connectivity index (χ4n) is 4.26. The van der Waals surface area contributed by atoms with E-state index in [9.17, 15) is 5.11 Å². The lowest BCUT2D eigenvalue weighted by Gasteiger charge is -2.20. The minimum Gasteiger partial charge on any atom is -0.493 e. The molecule has 0 amide bonds. The molecule has 5 nitrogen and oxygen atoms in total. The lowest BCUT2D eigenvalue weighted by molar-refractivity contribution is 0.200. The van der Waals surface area contributed by atoms with Crippen molar-refractivity contribution in [2.75, 3.05) is 20.3 Å². The Kier molecular flexibility index (Phi) is 6.35. The van der Waals surface area contributed by atoms with Crippen LogP contribution in [-0.2, 0) is 0 Å². The van der Waals surface area contributed by atoms with Gasteiger partial charge in [0.15, 0.2) is 11.5 Å². The van der Waals surface area contributed by atoms with Crippen LogP contribution >= 0.6 is 0 Å². The van der Waals surface area contributed by atoms with Gasteiger partial charge >= 0.3 is 0 Å². The van der Waals surface area contributed by atoms with Gasteiger partial charge in [0.05, 0.1) is 31.7 Å². The highest BCUT2D eigenvalue weighted by Gasteiger charge is 2.25. The molecule has 1 heterocycles. The first-order valence-electron chi connectivity index (χ1n) is 10.6. The summed E-state index contributed by atoms with van der Waals surface area (Å²) in [7, 11) is 1.69. The summed E-state index contributed by atoms with van der Waals surface area (Å²) in [5.74, 6) is 2.90. The lowest BCUT2D eigenvalue weighted by Crippen LogP contribution is -2.30. The van der Waals surface area contributed by atoms with E-state index < -0.39 is 0 Å². The summed E-state index contributed by atoms with van der Waals surface area (Å²) in [5, 5.41) is 13.2. The molecule has 2 atom stereocenters. The van der Waals surface area contributed by atoms with Gasteiger partial charge < -0.3 is 19.9 Å². The highest BCUT2D eigenvalue weighted by atomic mass is 16.5. The van der Waals surface area contributed by atoms with Gasteiger partial charge in [-0.05, 0) is 48.9 Å². The fraction of sp³-hybridized carbons (Fsp3) is 0.458. The number of methoxy groups -OCH3 is 1. The van der Waals surface area contributed by atoms with Gasteiger partial charge in [-0.3, -0.25) is 4.99 Å². The maximum atomic E-state index is 9.80. The second-order valence-electron chi connectivity index (χ2n) is 7.91. The number of rotatable bonds is 7. The number of amidine groups is 1. The van der Waals surface area contributed by atoms with Crippen molar-refractivity contribution < 1.29 is 14.6 Å². The van der Waals surface area contributed by atoms with Gasteiger partial charge in [-0.1, -0.05) is 36.4 Å². The van der Waals surface area contributed by atoms with Crippen molar-refractivity contribution in [1.82, 2.24) is 5.32 Å². The molecule has 2 N–H and O–H groups in total. The Balaban J connectivity index is 1.42. The Bertz CT molecular complexity index is 831. The molecule has 1 aliphatic carbocycles. The van der Waals surface area contributed by atoms with Gasteiger partial charge in [0.1, 0.15) is 0 Å². The third-order valence-electron chi connectivity index (χ3n) is 5.92. The summed E-state index contributed by atoms with van der Waals surface area (Å²) in [6.07, 6.45) is 5.86. The van der Waals surface area contributed by atoms with Crippen LogP contribution in [0, 0.1) is 0 Å². The minimum atomic E-state index is -0.133. The zero-order chi connectivity index (χ0) is 20.1. The summed E-state index contributed by atoms with van der Waals surface area (Å²) in [6.45, 7) is 0.778. The number of hydrogen-bond acceptors (Lipinski definition) is 5. The molecule has 1 aliphatic heterocycles. The van der Waals surface area contributed by atoms with Gasteiger partial charge in [-0.15, -0.1) is 0 Å². The Labute approximate surface area is 172 Å². The smallest absolute Gasteiger partial charge is 0.161 e. The maximum absolute atomic E-state index is 9.80. The standard InChI is InChI=1S/C24H30N2O3/c1-28-22-12-11-18(13-23(22)29-20-9-5-6-10-20)19-14-24(25-15-19)26-21(16-27)17-7-3-2-4-8-17/h2-4,7-8,11-13,19-21,27H,5-6,9-10,14-16H2,1H3,(H,25,26)/t19-,21-/m0/s1. The highest BCUT2D eigenvalue weighted by Crippen LogP contribution is 2.36. The Morgan fingerprint density at radius 1 is 1.10 bits per heavy atom. The van der Waals surface area contributed by atoms with Crippen LogP contribution in [-0.4, -0.2) is 37.3 Å². The van der Waals surface area contributed by atoms with Crippen molar-refractivity contribution in [3.63, 3.8) is 0 Å². The number of aliphatic imine (C=N–C) groups is 1. The number of aliphatic hydroxyl groups excluding tert-OH is 1. The van der Waals surface area contributed by atoms with Crippen LogP contribution in [0.25, 0.3) is 0 Å². The molecule has 0 radical (unpaired) electrons. The van der Waals surface area contributed by atoms with E-state index in [1.807, 2.05) is 36.4 Å². The minimum absolute atomic E-state index is 0.0373. The van der Waals surface area contributed by atoms with Crippen molar-refractivity contribution in [2.45, 2.75) is 50.2 Å². The van der Waals surface area contributed by atoms with E-state index in [0.29, 0.717) is 12.0 Å². The summed E-state index contributed by atoms with van der Waals surface area (Å²) >= 11 is 0. The van der Waals surface area contributed by atoms with Crippen LogP contribution in [0.15, 0.2) is 53.5 Å². The van der Waals surface area contributed by atoms with Crippen LogP contribution in [0.3, 0.4) is 0 Å². The van der Waals surface area contributed by atoms with Crippen LogP contribution in [0.4, 0.5) is 0 Å². The van der Waals surface area contributed by atoms with Crippen LogP contribution < -0.4 is 14.8 Å². The molecule has 29 heavy (non-hydrogen) atoms. The maximum Gasteiger partial charge on any atom is 0.161 e. The molecule has 0 unspecified atom stereocenters. The number of nitrogens with one attached hydrogen (secondary N) is 1. The van der Waals surface area contributed by atoms with E-state index in [4.69, 9.17) is 14.5 Å². The summed E-state index contributed by atoms with van der Waals surface area (Å²) in [4.78, 5) is 4.70. The predicted octanol–water partition coefficient (Wildman–Crippen LogP) is 4.23. The molecule has 0 spiro atoms. The van der Waals surface area contributed by atoms with E-state index >= 15 is 0 Å². The van der Waals surface area contributed by atoms with Gasteiger partial charge in [0.2, 0.25) is 0 Å². The molecule has 1 fully saturated rings. The molecule has 4 rings (SSSR count). The normalized spacial score (nSPS) is 20.3. The summed E-state index contributed by atoms with van der Waals surface area (Å²) < 4.78 is 11.8. The van der Waals surface area contributed by atoms with E-state index in [1.54, 1.807) is 7.11 Å². The second-order valence-corrected chi connectivity index (χ2v) is 7.91. The number of aliphatic hydroxyl groups is 1. The SMILES string of the molecule is COc1ccc([C@@H]2CN=C(N[C@@H](CO)c3ccccc3)C2)cc1OC1CCCC1. The highest BCUT2D eigenvalue weighted by molar-refractivity contribution is 5.85. The monoisotopic (exact) mass is 394 g/mol. The first-order chi connectivity index (χ1) is 14.3. The largest absolute Gasteiger partial charge is 0.493 e. The molecule has 0 saturated heterocycles. The molecule has 2 aliphatic rings. The first kappa shape index (κ1) is 19.8. The lowest BCUT2D eigenvalue weighted by atomic mass is 9.96. The van der Waals surface area contributed by atoms with Crippen molar-refractivity contribution in [3.8, 4) is 11.5 Å². The quantitative estimate of drug-likeness (QED) is 0.738. The topological polar surface area (TPSA) is 63.1 Å². The van der Waals surface area contributed by atoms with Gasteiger partial charge in [-0.25, -0.2) is 0 Å². The van der Waals surface area contributed by atoms with E-state index in [2.05, 4.69) is 17.4 Å². The third kappa shape index (κ3) is 4.73. The Morgan fingerprint density at radius 3 is 2.62 bits per heavy atom. The number of nitrogens with zero attached hydrogens (tertiary/aromatic N) is 1. The average Bonchev–Trinajstić information content (AvgIpc) is 3.45. The fourth-order valence-corrected chi connectivity index (χ4v) is 4.26. The summed E-state index contributed by atoms with van der Waals surface area (Å²) in [5.41, 5.74) is 2.29. The molecular formula is C24H30N2O3. The first-order valence-corrected chi connectivity index (χ1v) is 10.6. The average molecular weight is 395 g/mol. The number of benzene rings is 2. The number of hydrogen-bond donors (Lipinski definition) is 2. The predicted molar refractivity (Wildman–Crippen MR) is 115 cm³/mol. The molecule has 1 saturated carbocycles. The molecule has 154 valence electrons. The van der Waals surface area contributed by atoms with Gasteiger partial charge in [0, 0.05) is 18.9 Å². The van der Waals surface area contributed by atoms with Crippen LogP contribution in [0.2, 0.25) is 0 Å². The Morgan fingerprint density at radius 2 is 1.90 bits per heavy atom. The molecule has 0 aromatic heterocycles. The number of ether oxygens (including phenoxy) is 2. The van der Waals surface area contributed by atoms with Crippen LogP contribution in [0.1, 0.15) is 55.2 Å². The summed E-state index contributed by atoms with van der Waals surface area (Å²) in [6, 6.07) is 16.1. The molecule has 0 bridgehead atoms. The van der Waals surface area contributed by atoms with E-state index in [-0.39, 0.29) is 12.6 Å². The van der Waals surface area contributed by atoms with Crippen molar-refractivity contribution in [1.29, 1.82) is 0 Å². The van der Waals surface area contributed by atoms with Gasteiger partial charge in [-0.2, -0.15) is 0 Å². The van der Waals surface area contributed by atoms with E-state index in [0.717, 1.165) is 48.7 Å². The van der Waals surface area contributed by atoms with E-state index in [1.165, 1.54) is 18.4 Å². The third-order valence-corrected chi connectivity index (χ3v) is 5.92.